The van der Waals surface area contributed by atoms with Crippen LogP contribution in [-0.2, 0) is 11.3 Å². The zero-order valence-corrected chi connectivity index (χ0v) is 13.8. The predicted octanol–water partition coefficient (Wildman–Crippen LogP) is 3.70. The van der Waals surface area contributed by atoms with Gasteiger partial charge in [-0.2, -0.15) is 0 Å². The molecule has 4 heteroatoms. The van der Waals surface area contributed by atoms with Gasteiger partial charge in [0.05, 0.1) is 17.3 Å². The number of nitrogens with zero attached hydrogens (tertiary/aromatic N) is 1. The van der Waals surface area contributed by atoms with Crippen molar-refractivity contribution in [3.8, 4) is 0 Å². The molecule has 0 heterocycles. The van der Waals surface area contributed by atoms with Gasteiger partial charge in [-0.15, -0.1) is 0 Å². The number of ether oxygens (including phenoxy) is 1. The molecule has 0 aromatic heterocycles. The van der Waals surface area contributed by atoms with Crippen LogP contribution in [-0.4, -0.2) is 32.8 Å². The fourth-order valence-electron chi connectivity index (χ4n) is 2.45. The van der Waals surface area contributed by atoms with E-state index in [0.29, 0.717) is 12.6 Å². The Bertz CT molecular complexity index is 398. The summed E-state index contributed by atoms with van der Waals surface area (Å²) in [6.45, 7) is 9.96. The zero-order chi connectivity index (χ0) is 15.0. The summed E-state index contributed by atoms with van der Waals surface area (Å²) in [7, 11) is 1.74. The van der Waals surface area contributed by atoms with Gasteiger partial charge in [-0.25, -0.2) is 0 Å². The lowest BCUT2D eigenvalue weighted by molar-refractivity contribution is 0.182. The number of hydrogen-bond donors (Lipinski definition) is 1. The Labute approximate surface area is 128 Å². The second-order valence-electron chi connectivity index (χ2n) is 5.01. The summed E-state index contributed by atoms with van der Waals surface area (Å²) in [5.74, 6) is 0. The molecule has 20 heavy (non-hydrogen) atoms. The molecule has 1 aromatic carbocycles. The number of hydrogen-bond acceptors (Lipinski definition) is 3. The summed E-state index contributed by atoms with van der Waals surface area (Å²) in [6, 6.07) is 6.42. The van der Waals surface area contributed by atoms with Crippen molar-refractivity contribution < 1.29 is 4.74 Å². The topological polar surface area (TPSA) is 24.5 Å². The molecule has 0 saturated heterocycles. The number of methoxy groups -OCH3 is 1. The van der Waals surface area contributed by atoms with E-state index >= 15 is 0 Å². The Morgan fingerprint density at radius 2 is 2.10 bits per heavy atom. The van der Waals surface area contributed by atoms with Crippen LogP contribution in [0.15, 0.2) is 18.2 Å². The molecular weight excluding hydrogens is 272 g/mol. The lowest BCUT2D eigenvalue weighted by Gasteiger charge is -2.32. The van der Waals surface area contributed by atoms with Crippen molar-refractivity contribution in [2.75, 3.05) is 31.7 Å². The Kier molecular flexibility index (Phi) is 7.97. The molecule has 0 bridgehead atoms. The first-order chi connectivity index (χ1) is 9.65. The van der Waals surface area contributed by atoms with Crippen molar-refractivity contribution in [2.45, 2.75) is 39.8 Å². The van der Waals surface area contributed by atoms with Crippen molar-refractivity contribution >= 4 is 17.3 Å². The Balaban J connectivity index is 2.99. The molecule has 3 nitrogen and oxygen atoms in total. The molecule has 114 valence electrons. The second kappa shape index (κ2) is 9.22. The normalized spacial score (nSPS) is 12.4. The van der Waals surface area contributed by atoms with Gasteiger partial charge in [0.25, 0.3) is 0 Å². The summed E-state index contributed by atoms with van der Waals surface area (Å²) in [5.41, 5.74) is 2.38. The first-order valence-corrected chi connectivity index (χ1v) is 7.77. The Hall–Kier alpha value is -0.770. The number of rotatable bonds is 9. The Morgan fingerprint density at radius 3 is 2.70 bits per heavy atom. The van der Waals surface area contributed by atoms with Gasteiger partial charge in [0.2, 0.25) is 0 Å². The molecule has 0 spiro atoms. The smallest absolute Gasteiger partial charge is 0.0663 e. The third-order valence-electron chi connectivity index (χ3n) is 3.38. The van der Waals surface area contributed by atoms with Gasteiger partial charge in [0, 0.05) is 26.2 Å². The largest absolute Gasteiger partial charge is 0.383 e. The minimum Gasteiger partial charge on any atom is -0.383 e. The van der Waals surface area contributed by atoms with Crippen LogP contribution in [0.3, 0.4) is 0 Å². The second-order valence-corrected chi connectivity index (χ2v) is 5.42. The van der Waals surface area contributed by atoms with E-state index in [2.05, 4.69) is 37.1 Å². The molecule has 0 aliphatic rings. The lowest BCUT2D eigenvalue weighted by Crippen LogP contribution is -2.37. The van der Waals surface area contributed by atoms with E-state index in [0.717, 1.165) is 36.8 Å². The number of likely N-dealkylation sites (N-methyl/N-ethyl adjacent to an activating group) is 1. The van der Waals surface area contributed by atoms with E-state index in [9.17, 15) is 0 Å². The molecule has 0 aliphatic carbocycles. The van der Waals surface area contributed by atoms with Gasteiger partial charge < -0.3 is 15.0 Å². The van der Waals surface area contributed by atoms with Crippen molar-refractivity contribution in [3.05, 3.63) is 28.8 Å². The van der Waals surface area contributed by atoms with Crippen LogP contribution in [0.2, 0.25) is 5.02 Å². The van der Waals surface area contributed by atoms with Crippen LogP contribution in [0.25, 0.3) is 0 Å². The van der Waals surface area contributed by atoms with E-state index in [1.54, 1.807) is 7.11 Å². The van der Waals surface area contributed by atoms with Crippen LogP contribution in [0.1, 0.15) is 32.8 Å². The maximum atomic E-state index is 6.45. The van der Waals surface area contributed by atoms with Gasteiger partial charge in [0.15, 0.2) is 0 Å². The third kappa shape index (κ3) is 4.65. The zero-order valence-electron chi connectivity index (χ0n) is 13.1. The Morgan fingerprint density at radius 1 is 1.35 bits per heavy atom. The molecule has 0 aliphatic heterocycles. The third-order valence-corrected chi connectivity index (χ3v) is 3.69. The average Bonchev–Trinajstić information content (AvgIpc) is 2.43. The molecule has 0 saturated carbocycles. The molecule has 1 aromatic rings. The highest BCUT2D eigenvalue weighted by molar-refractivity contribution is 6.33. The number of halogens is 1. The predicted molar refractivity (Wildman–Crippen MR) is 87.8 cm³/mol. The quantitative estimate of drug-likeness (QED) is 0.704. The van der Waals surface area contributed by atoms with Crippen molar-refractivity contribution in [2.24, 2.45) is 0 Å². The van der Waals surface area contributed by atoms with E-state index < -0.39 is 0 Å². The summed E-state index contributed by atoms with van der Waals surface area (Å²) in [6.07, 6.45) is 1.13. The monoisotopic (exact) mass is 298 g/mol. The van der Waals surface area contributed by atoms with Crippen LogP contribution in [0.4, 0.5) is 5.69 Å². The van der Waals surface area contributed by atoms with Gasteiger partial charge >= 0.3 is 0 Å². The van der Waals surface area contributed by atoms with Gasteiger partial charge in [-0.05, 0) is 38.4 Å². The molecule has 0 amide bonds. The minimum atomic E-state index is 0.301. The molecule has 1 N–H and O–H groups in total. The molecule has 1 rings (SSSR count). The minimum absolute atomic E-state index is 0.301. The highest BCUT2D eigenvalue weighted by Crippen LogP contribution is 2.31. The lowest BCUT2D eigenvalue weighted by atomic mass is 10.1. The highest BCUT2D eigenvalue weighted by atomic mass is 35.5. The highest BCUT2D eigenvalue weighted by Gasteiger charge is 2.18. The van der Waals surface area contributed by atoms with Crippen LogP contribution >= 0.6 is 11.6 Å². The SMILES string of the molecule is CCCNCc1cccc(Cl)c1N(CC)C(C)COC. The first-order valence-electron chi connectivity index (χ1n) is 7.39. The molecule has 1 unspecified atom stereocenters. The van der Waals surface area contributed by atoms with Crippen molar-refractivity contribution in [1.82, 2.24) is 5.32 Å². The summed E-state index contributed by atoms with van der Waals surface area (Å²) in [5, 5.41) is 4.26. The number of nitrogens with one attached hydrogen (secondary N) is 1. The summed E-state index contributed by atoms with van der Waals surface area (Å²) < 4.78 is 5.29. The first kappa shape index (κ1) is 17.3. The number of para-hydroxylation sites is 1. The van der Waals surface area contributed by atoms with Gasteiger partial charge in [-0.1, -0.05) is 30.7 Å². The van der Waals surface area contributed by atoms with Crippen molar-refractivity contribution in [1.29, 1.82) is 0 Å². The summed E-state index contributed by atoms with van der Waals surface area (Å²) in [4.78, 5) is 2.31. The van der Waals surface area contributed by atoms with E-state index in [-0.39, 0.29) is 0 Å². The van der Waals surface area contributed by atoms with Crippen molar-refractivity contribution in [3.63, 3.8) is 0 Å². The molecular formula is C16H27ClN2O. The number of benzene rings is 1. The molecule has 0 radical (unpaired) electrons. The standard InChI is InChI=1S/C16H27ClN2O/c1-5-10-18-11-14-8-7-9-15(17)16(14)19(6-2)13(3)12-20-4/h7-9,13,18H,5-6,10-12H2,1-4H3. The fraction of sp³-hybridized carbons (Fsp3) is 0.625. The van der Waals surface area contributed by atoms with E-state index in [4.69, 9.17) is 16.3 Å². The van der Waals surface area contributed by atoms with E-state index in [1.807, 2.05) is 12.1 Å². The maximum absolute atomic E-state index is 6.45. The van der Waals surface area contributed by atoms with Gasteiger partial charge in [0.1, 0.15) is 0 Å². The average molecular weight is 299 g/mol. The summed E-state index contributed by atoms with van der Waals surface area (Å²) >= 11 is 6.45. The van der Waals surface area contributed by atoms with E-state index in [1.165, 1.54) is 5.56 Å². The molecule has 1 atom stereocenters. The van der Waals surface area contributed by atoms with Crippen LogP contribution in [0, 0.1) is 0 Å². The van der Waals surface area contributed by atoms with Crippen LogP contribution < -0.4 is 10.2 Å². The fourth-order valence-corrected chi connectivity index (χ4v) is 2.75. The van der Waals surface area contributed by atoms with Gasteiger partial charge in [-0.3, -0.25) is 0 Å². The number of anilines is 1. The van der Waals surface area contributed by atoms with Crippen LogP contribution in [0.5, 0.6) is 0 Å². The maximum Gasteiger partial charge on any atom is 0.0663 e. The molecule has 0 fully saturated rings.